The Morgan fingerprint density at radius 3 is 2.70 bits per heavy atom. The van der Waals surface area contributed by atoms with Gasteiger partial charge in [-0.05, 0) is 44.0 Å². The van der Waals surface area contributed by atoms with Crippen LogP contribution in [0.2, 0.25) is 0 Å². The average molecular weight is 279 g/mol. The van der Waals surface area contributed by atoms with Crippen molar-refractivity contribution >= 4 is 0 Å². The molecule has 1 N–H and O–H groups in total. The zero-order valence-corrected chi connectivity index (χ0v) is 12.6. The van der Waals surface area contributed by atoms with E-state index in [0.29, 0.717) is 13.2 Å². The number of hydrogen-bond donors (Lipinski definition) is 1. The Hall–Kier alpha value is -1.10. The van der Waals surface area contributed by atoms with Crippen molar-refractivity contribution in [1.82, 2.24) is 4.90 Å². The van der Waals surface area contributed by atoms with E-state index in [9.17, 15) is 5.11 Å². The fourth-order valence-electron chi connectivity index (χ4n) is 2.62. The van der Waals surface area contributed by atoms with E-state index in [1.54, 1.807) is 0 Å². The highest BCUT2D eigenvalue weighted by atomic mass is 16.5. The summed E-state index contributed by atoms with van der Waals surface area (Å²) in [6, 6.07) is 6.10. The smallest absolute Gasteiger partial charge is 0.119 e. The summed E-state index contributed by atoms with van der Waals surface area (Å²) in [7, 11) is 0. The van der Waals surface area contributed by atoms with Crippen molar-refractivity contribution in [2.45, 2.75) is 33.0 Å². The summed E-state index contributed by atoms with van der Waals surface area (Å²) < 4.78 is 11.2. The zero-order chi connectivity index (χ0) is 14.5. The van der Waals surface area contributed by atoms with Crippen LogP contribution in [0.3, 0.4) is 0 Å². The number of nitrogens with zero attached hydrogens (tertiary/aromatic N) is 1. The summed E-state index contributed by atoms with van der Waals surface area (Å²) in [4.78, 5) is 2.23. The highest BCUT2D eigenvalue weighted by molar-refractivity contribution is 5.32. The molecule has 4 nitrogen and oxygen atoms in total. The van der Waals surface area contributed by atoms with E-state index in [0.717, 1.165) is 25.4 Å². The third kappa shape index (κ3) is 4.78. The molecule has 0 saturated carbocycles. The van der Waals surface area contributed by atoms with Gasteiger partial charge in [-0.1, -0.05) is 6.07 Å². The molecule has 0 amide bonds. The molecule has 2 unspecified atom stereocenters. The van der Waals surface area contributed by atoms with Gasteiger partial charge in [-0.25, -0.2) is 0 Å². The van der Waals surface area contributed by atoms with Gasteiger partial charge < -0.3 is 14.6 Å². The lowest BCUT2D eigenvalue weighted by atomic mass is 10.1. The molecular formula is C16H25NO3. The Balaban J connectivity index is 1.78. The fourth-order valence-corrected chi connectivity index (χ4v) is 2.62. The summed E-state index contributed by atoms with van der Waals surface area (Å²) in [5, 5.41) is 10.1. The lowest BCUT2D eigenvalue weighted by molar-refractivity contribution is -0.0361. The molecule has 0 radical (unpaired) electrons. The van der Waals surface area contributed by atoms with E-state index in [2.05, 4.69) is 17.9 Å². The van der Waals surface area contributed by atoms with Gasteiger partial charge in [0.15, 0.2) is 0 Å². The topological polar surface area (TPSA) is 41.9 Å². The number of rotatable bonds is 5. The van der Waals surface area contributed by atoms with E-state index in [1.807, 2.05) is 26.0 Å². The quantitative estimate of drug-likeness (QED) is 0.892. The van der Waals surface area contributed by atoms with Crippen LogP contribution in [0.1, 0.15) is 18.1 Å². The van der Waals surface area contributed by atoms with Gasteiger partial charge in [0, 0.05) is 19.6 Å². The molecule has 1 aliphatic rings. The normalized spacial score (nSPS) is 21.7. The van der Waals surface area contributed by atoms with Crippen LogP contribution in [0, 0.1) is 13.8 Å². The van der Waals surface area contributed by atoms with E-state index in [4.69, 9.17) is 9.47 Å². The van der Waals surface area contributed by atoms with Crippen LogP contribution < -0.4 is 4.74 Å². The monoisotopic (exact) mass is 279 g/mol. The predicted octanol–water partition coefficient (Wildman–Crippen LogP) is 1.76. The highest BCUT2D eigenvalue weighted by Crippen LogP contribution is 2.16. The molecule has 1 aliphatic heterocycles. The van der Waals surface area contributed by atoms with Crippen LogP contribution in [0.15, 0.2) is 18.2 Å². The third-order valence-electron chi connectivity index (χ3n) is 3.43. The molecule has 2 rings (SSSR count). The van der Waals surface area contributed by atoms with E-state index < -0.39 is 6.10 Å². The molecule has 112 valence electrons. The SMILES string of the molecule is Cc1cc(C)cc(OCC(O)CN2CCOC(C)C2)c1. The Kier molecular flexibility index (Phi) is 5.40. The van der Waals surface area contributed by atoms with Crippen LogP contribution >= 0.6 is 0 Å². The number of morpholine rings is 1. The van der Waals surface area contributed by atoms with Crippen molar-refractivity contribution in [3.05, 3.63) is 29.3 Å². The second kappa shape index (κ2) is 7.07. The number of β-amino-alcohol motifs (C(OH)–C–C–N with tert-alkyl or cyclic N) is 1. The first-order chi connectivity index (χ1) is 9.52. The number of aliphatic hydroxyl groups is 1. The van der Waals surface area contributed by atoms with E-state index in [1.165, 1.54) is 11.1 Å². The van der Waals surface area contributed by atoms with E-state index in [-0.39, 0.29) is 6.10 Å². The molecule has 4 heteroatoms. The molecule has 0 bridgehead atoms. The van der Waals surface area contributed by atoms with E-state index >= 15 is 0 Å². The van der Waals surface area contributed by atoms with Crippen molar-refractivity contribution in [1.29, 1.82) is 0 Å². The van der Waals surface area contributed by atoms with Gasteiger partial charge in [-0.3, -0.25) is 4.90 Å². The first kappa shape index (κ1) is 15.3. The molecule has 1 heterocycles. The lowest BCUT2D eigenvalue weighted by Crippen LogP contribution is -2.45. The fraction of sp³-hybridized carbons (Fsp3) is 0.625. The third-order valence-corrected chi connectivity index (χ3v) is 3.43. The first-order valence-corrected chi connectivity index (χ1v) is 7.26. The minimum absolute atomic E-state index is 0.247. The molecule has 1 aromatic carbocycles. The molecule has 0 spiro atoms. The van der Waals surface area contributed by atoms with Crippen molar-refractivity contribution in [3.8, 4) is 5.75 Å². The Labute approximate surface area is 121 Å². The zero-order valence-electron chi connectivity index (χ0n) is 12.6. The van der Waals surface area contributed by atoms with Crippen molar-refractivity contribution in [3.63, 3.8) is 0 Å². The molecule has 2 atom stereocenters. The van der Waals surface area contributed by atoms with Gasteiger partial charge in [0.05, 0.1) is 12.7 Å². The summed E-state index contributed by atoms with van der Waals surface area (Å²) in [6.07, 6.45) is -0.225. The molecule has 20 heavy (non-hydrogen) atoms. The first-order valence-electron chi connectivity index (χ1n) is 7.26. The molecule has 0 aliphatic carbocycles. The van der Waals surface area contributed by atoms with Gasteiger partial charge >= 0.3 is 0 Å². The second-order valence-electron chi connectivity index (χ2n) is 5.73. The van der Waals surface area contributed by atoms with Gasteiger partial charge in [0.1, 0.15) is 18.5 Å². The lowest BCUT2D eigenvalue weighted by Gasteiger charge is -2.32. The van der Waals surface area contributed by atoms with Crippen molar-refractivity contribution in [2.75, 3.05) is 32.8 Å². The van der Waals surface area contributed by atoms with Crippen LogP contribution in [0.5, 0.6) is 5.75 Å². The largest absolute Gasteiger partial charge is 0.491 e. The van der Waals surface area contributed by atoms with Crippen LogP contribution in [-0.4, -0.2) is 55.1 Å². The maximum atomic E-state index is 10.1. The molecule has 0 aromatic heterocycles. The maximum Gasteiger partial charge on any atom is 0.119 e. The molecule has 1 fully saturated rings. The summed E-state index contributed by atoms with van der Waals surface area (Å²) in [6.45, 7) is 9.62. The minimum Gasteiger partial charge on any atom is -0.491 e. The number of aliphatic hydroxyl groups excluding tert-OH is 1. The summed E-state index contributed by atoms with van der Waals surface area (Å²) in [5.74, 6) is 0.830. The molecular weight excluding hydrogens is 254 g/mol. The second-order valence-corrected chi connectivity index (χ2v) is 5.73. The maximum absolute atomic E-state index is 10.1. The molecule has 1 aromatic rings. The minimum atomic E-state index is -0.471. The standard InChI is InChI=1S/C16H25NO3/c1-12-6-13(2)8-16(7-12)20-11-15(18)10-17-4-5-19-14(3)9-17/h6-8,14-15,18H,4-5,9-11H2,1-3H3. The molecule has 1 saturated heterocycles. The highest BCUT2D eigenvalue weighted by Gasteiger charge is 2.19. The van der Waals surface area contributed by atoms with Crippen molar-refractivity contribution < 1.29 is 14.6 Å². The van der Waals surface area contributed by atoms with Gasteiger partial charge in [-0.15, -0.1) is 0 Å². The number of benzene rings is 1. The van der Waals surface area contributed by atoms with Gasteiger partial charge in [-0.2, -0.15) is 0 Å². The Bertz CT molecular complexity index is 415. The van der Waals surface area contributed by atoms with Gasteiger partial charge in [0.25, 0.3) is 0 Å². The average Bonchev–Trinajstić information content (AvgIpc) is 2.35. The number of ether oxygens (including phenoxy) is 2. The summed E-state index contributed by atoms with van der Waals surface area (Å²) >= 11 is 0. The van der Waals surface area contributed by atoms with Crippen LogP contribution in [0.4, 0.5) is 0 Å². The Morgan fingerprint density at radius 2 is 2.05 bits per heavy atom. The number of hydrogen-bond acceptors (Lipinski definition) is 4. The van der Waals surface area contributed by atoms with Crippen LogP contribution in [-0.2, 0) is 4.74 Å². The van der Waals surface area contributed by atoms with Gasteiger partial charge in [0.2, 0.25) is 0 Å². The van der Waals surface area contributed by atoms with Crippen molar-refractivity contribution in [2.24, 2.45) is 0 Å². The number of aryl methyl sites for hydroxylation is 2. The summed E-state index contributed by atoms with van der Waals surface area (Å²) in [5.41, 5.74) is 2.35. The van der Waals surface area contributed by atoms with Crippen LogP contribution in [0.25, 0.3) is 0 Å². The predicted molar refractivity (Wildman–Crippen MR) is 79.3 cm³/mol. The Morgan fingerprint density at radius 1 is 1.35 bits per heavy atom.